The largest absolute Gasteiger partial charge is 0.465 e. The summed E-state index contributed by atoms with van der Waals surface area (Å²) in [5, 5.41) is 9.43. The fourth-order valence-corrected chi connectivity index (χ4v) is 5.31. The number of rotatable bonds is 4. The molecular weight excluding hydrogens is 474 g/mol. The number of nitrogens with zero attached hydrogens (tertiary/aromatic N) is 2. The van der Waals surface area contributed by atoms with Crippen molar-refractivity contribution in [3.8, 4) is 11.5 Å². The van der Waals surface area contributed by atoms with E-state index in [0.717, 1.165) is 12.8 Å². The summed E-state index contributed by atoms with van der Waals surface area (Å²) in [7, 11) is 1.56. The molecule has 1 fully saturated rings. The van der Waals surface area contributed by atoms with Crippen LogP contribution in [-0.4, -0.2) is 52.9 Å². The minimum absolute atomic E-state index is 0.229. The second-order valence-corrected chi connectivity index (χ2v) is 10.0. The Morgan fingerprint density at radius 1 is 1.20 bits per heavy atom. The van der Waals surface area contributed by atoms with Gasteiger partial charge in [0.2, 0.25) is 5.79 Å². The van der Waals surface area contributed by atoms with Crippen molar-refractivity contribution in [1.29, 1.82) is 0 Å². The number of halogens is 1. The maximum Gasteiger partial charge on any atom is 0.407 e. The molecule has 1 unspecified atom stereocenters. The summed E-state index contributed by atoms with van der Waals surface area (Å²) < 4.78 is 12.4. The van der Waals surface area contributed by atoms with Gasteiger partial charge in [-0.2, -0.15) is 0 Å². The monoisotopic (exact) mass is 503 g/mol. The number of pyridine rings is 1. The van der Waals surface area contributed by atoms with Gasteiger partial charge in [0.25, 0.3) is 11.5 Å². The molecule has 9 nitrogen and oxygen atoms in total. The summed E-state index contributed by atoms with van der Waals surface area (Å²) >= 11 is 6.53. The summed E-state index contributed by atoms with van der Waals surface area (Å²) in [6.45, 7) is 8.12. The Labute approximate surface area is 208 Å². The lowest BCUT2D eigenvalue weighted by atomic mass is 9.90. The van der Waals surface area contributed by atoms with Gasteiger partial charge in [0.15, 0.2) is 11.5 Å². The summed E-state index contributed by atoms with van der Waals surface area (Å²) in [4.78, 5) is 42.6. The van der Waals surface area contributed by atoms with Gasteiger partial charge in [-0.05, 0) is 57.2 Å². The molecule has 1 aromatic carbocycles. The molecule has 2 N–H and O–H groups in total. The van der Waals surface area contributed by atoms with E-state index in [2.05, 4.69) is 4.98 Å². The molecule has 10 heteroatoms. The van der Waals surface area contributed by atoms with Gasteiger partial charge in [-0.3, -0.25) is 9.59 Å². The second kappa shape index (κ2) is 9.11. The highest BCUT2D eigenvalue weighted by atomic mass is 35.5. The van der Waals surface area contributed by atoms with Crippen molar-refractivity contribution >= 4 is 29.3 Å². The second-order valence-electron chi connectivity index (χ2n) is 9.62. The topological polar surface area (TPSA) is 112 Å². The van der Waals surface area contributed by atoms with Gasteiger partial charge in [-0.1, -0.05) is 11.6 Å². The number of anilines is 1. The Balaban J connectivity index is 1.57. The van der Waals surface area contributed by atoms with Crippen LogP contribution in [0.2, 0.25) is 5.02 Å². The lowest BCUT2D eigenvalue weighted by Crippen LogP contribution is -2.42. The molecule has 0 radical (unpaired) electrons. The van der Waals surface area contributed by atoms with Crippen LogP contribution in [-0.2, 0) is 0 Å². The number of carbonyl (C=O) groups is 2. The fraction of sp³-hybridized carbons (Fsp3) is 0.480. The quantitative estimate of drug-likeness (QED) is 0.635. The van der Waals surface area contributed by atoms with E-state index in [-0.39, 0.29) is 28.1 Å². The minimum atomic E-state index is -0.981. The molecule has 188 valence electrons. The van der Waals surface area contributed by atoms with Crippen molar-refractivity contribution in [3.05, 3.63) is 49.9 Å². The molecule has 1 atom stereocenters. The van der Waals surface area contributed by atoms with Crippen LogP contribution < -0.4 is 19.9 Å². The molecule has 35 heavy (non-hydrogen) atoms. The number of aryl methyl sites for hydroxylation is 2. The summed E-state index contributed by atoms with van der Waals surface area (Å²) in [5.74, 6) is -0.340. The van der Waals surface area contributed by atoms with Crippen LogP contribution in [0.5, 0.6) is 11.5 Å². The van der Waals surface area contributed by atoms with Gasteiger partial charge in [0.1, 0.15) is 5.69 Å². The summed E-state index contributed by atoms with van der Waals surface area (Å²) in [6.07, 6.45) is 1.10. The lowest BCUT2D eigenvalue weighted by Gasteiger charge is -2.34. The van der Waals surface area contributed by atoms with E-state index >= 15 is 0 Å². The van der Waals surface area contributed by atoms with E-state index < -0.39 is 11.9 Å². The zero-order valence-electron chi connectivity index (χ0n) is 20.5. The van der Waals surface area contributed by atoms with Crippen molar-refractivity contribution in [2.75, 3.05) is 25.0 Å². The minimum Gasteiger partial charge on any atom is -0.465 e. The van der Waals surface area contributed by atoms with Crippen LogP contribution in [0.3, 0.4) is 0 Å². The van der Waals surface area contributed by atoms with Crippen LogP contribution >= 0.6 is 11.6 Å². The number of fused-ring (bicyclic) bond motifs is 1. The molecule has 0 aliphatic carbocycles. The van der Waals surface area contributed by atoms with Crippen molar-refractivity contribution in [1.82, 2.24) is 9.88 Å². The maximum atomic E-state index is 13.4. The molecular formula is C25H30ClN3O6. The number of amides is 2. The van der Waals surface area contributed by atoms with E-state index in [1.165, 1.54) is 9.80 Å². The predicted octanol–water partition coefficient (Wildman–Crippen LogP) is 4.50. The molecule has 2 aliphatic rings. The number of aromatic amines is 1. The number of carboxylic acid groups (broad SMARTS) is 1. The van der Waals surface area contributed by atoms with E-state index in [0.29, 0.717) is 53.4 Å². The Bertz CT molecular complexity index is 1250. The highest BCUT2D eigenvalue weighted by molar-refractivity contribution is 6.33. The highest BCUT2D eigenvalue weighted by Crippen LogP contribution is 2.50. The predicted molar refractivity (Wildman–Crippen MR) is 132 cm³/mol. The van der Waals surface area contributed by atoms with E-state index in [1.54, 1.807) is 33.9 Å². The van der Waals surface area contributed by atoms with Crippen LogP contribution in [0, 0.1) is 26.7 Å². The number of nitrogens with one attached hydrogen (secondary N) is 1. The number of benzene rings is 1. The number of hydrogen-bond donors (Lipinski definition) is 2. The van der Waals surface area contributed by atoms with Gasteiger partial charge in [-0.25, -0.2) is 4.79 Å². The van der Waals surface area contributed by atoms with E-state index in [9.17, 15) is 19.5 Å². The number of aromatic nitrogens is 1. The average molecular weight is 504 g/mol. The molecule has 1 saturated heterocycles. The first-order valence-corrected chi connectivity index (χ1v) is 12.0. The first-order valence-electron chi connectivity index (χ1n) is 11.6. The summed E-state index contributed by atoms with van der Waals surface area (Å²) in [6, 6.07) is 3.36. The van der Waals surface area contributed by atoms with Crippen molar-refractivity contribution in [2.45, 2.75) is 52.7 Å². The fourth-order valence-electron chi connectivity index (χ4n) is 5.08. The number of ether oxygens (including phenoxy) is 2. The third-order valence-electron chi connectivity index (χ3n) is 6.82. The molecule has 2 aromatic rings. The van der Waals surface area contributed by atoms with Crippen LogP contribution in [0.4, 0.5) is 10.5 Å². The normalized spacial score (nSPS) is 19.7. The Hall–Kier alpha value is -3.20. The van der Waals surface area contributed by atoms with Gasteiger partial charge in [-0.15, -0.1) is 0 Å². The van der Waals surface area contributed by atoms with E-state index in [1.807, 2.05) is 13.0 Å². The van der Waals surface area contributed by atoms with Gasteiger partial charge in [0, 0.05) is 50.3 Å². The average Bonchev–Trinajstić information content (AvgIpc) is 3.13. The maximum absolute atomic E-state index is 13.4. The number of carbonyl (C=O) groups excluding carboxylic acids is 1. The zero-order valence-corrected chi connectivity index (χ0v) is 21.3. The van der Waals surface area contributed by atoms with Crippen LogP contribution in [0.1, 0.15) is 53.4 Å². The van der Waals surface area contributed by atoms with Crippen LogP contribution in [0.15, 0.2) is 16.9 Å². The molecule has 4 rings (SSSR count). The molecule has 1 aromatic heterocycles. The first-order chi connectivity index (χ1) is 16.4. The van der Waals surface area contributed by atoms with Crippen LogP contribution in [0.25, 0.3) is 0 Å². The van der Waals surface area contributed by atoms with Gasteiger partial charge < -0.3 is 29.4 Å². The van der Waals surface area contributed by atoms with Crippen molar-refractivity contribution in [2.24, 2.45) is 5.92 Å². The number of piperidine rings is 1. The van der Waals surface area contributed by atoms with Gasteiger partial charge >= 0.3 is 6.09 Å². The smallest absolute Gasteiger partial charge is 0.407 e. The number of likely N-dealkylation sites (tertiary alicyclic amines) is 1. The van der Waals surface area contributed by atoms with Crippen molar-refractivity contribution in [3.63, 3.8) is 0 Å². The number of H-pyrrole nitrogens is 1. The third-order valence-corrected chi connectivity index (χ3v) is 7.10. The molecule has 0 saturated carbocycles. The van der Waals surface area contributed by atoms with Crippen molar-refractivity contribution < 1.29 is 24.2 Å². The van der Waals surface area contributed by atoms with Gasteiger partial charge in [0.05, 0.1) is 5.02 Å². The zero-order chi connectivity index (χ0) is 25.7. The molecule has 2 aliphatic heterocycles. The molecule has 0 spiro atoms. The molecule has 0 bridgehead atoms. The Morgan fingerprint density at radius 2 is 1.83 bits per heavy atom. The molecule has 3 heterocycles. The Morgan fingerprint density at radius 3 is 2.43 bits per heavy atom. The molecule has 2 amide bonds. The third kappa shape index (κ3) is 4.69. The first kappa shape index (κ1) is 24.9. The summed E-state index contributed by atoms with van der Waals surface area (Å²) in [5.41, 5.74) is 2.22. The number of hydrogen-bond acceptors (Lipinski definition) is 5. The Kier molecular flexibility index (Phi) is 6.48. The highest BCUT2D eigenvalue weighted by Gasteiger charge is 2.43. The van der Waals surface area contributed by atoms with E-state index in [4.69, 9.17) is 21.1 Å². The lowest BCUT2D eigenvalue weighted by molar-refractivity contribution is -0.0840. The SMILES string of the molecule is Cc1cc(C)c(N(C)C(=O)c2cc(Cl)c3c(c2C)OC(C)(CC2CCN(C(=O)O)CC2)O3)c(=O)[nH]1. The standard InChI is InChI=1S/C25H30ClN3O6/c1-13-10-14(2)27-22(30)19(13)28(5)23(31)17-11-18(26)21-20(15(17)3)34-25(4,35-21)12-16-6-8-29(9-7-16)24(32)33/h10-11,16H,6-9,12H2,1-5H3,(H,27,30)(H,32,33).